The summed E-state index contributed by atoms with van der Waals surface area (Å²) in [4.78, 5) is 8.25. The van der Waals surface area contributed by atoms with E-state index in [9.17, 15) is 0 Å². The van der Waals surface area contributed by atoms with Crippen LogP contribution < -0.4 is 0 Å². The SMILES string of the molecule is O=[N+]([O-])[O-].[H-].[H-].[Mg+2].[Tb]. The largest absolute Gasteiger partial charge is 2.00 e. The predicted molar refractivity (Wildman–Crippen MR) is 18.3 cm³/mol. The number of hydrogen-bond acceptors (Lipinski definition) is 3. The summed E-state index contributed by atoms with van der Waals surface area (Å²) in [6, 6.07) is 0. The minimum absolute atomic E-state index is 0. The van der Waals surface area contributed by atoms with Crippen molar-refractivity contribution in [2.75, 3.05) is 0 Å². The zero-order valence-corrected chi connectivity index (χ0v) is 6.27. The first-order chi connectivity index (χ1) is 1.73. The van der Waals surface area contributed by atoms with Crippen LogP contribution in [0.15, 0.2) is 0 Å². The maximum Gasteiger partial charge on any atom is 2.00 e. The average molecular weight is 247 g/mol. The van der Waals surface area contributed by atoms with E-state index in [4.69, 9.17) is 15.3 Å². The van der Waals surface area contributed by atoms with E-state index in [1.807, 2.05) is 0 Å². The van der Waals surface area contributed by atoms with E-state index in [1.165, 1.54) is 0 Å². The smallest absolute Gasteiger partial charge is 1.00 e. The van der Waals surface area contributed by atoms with E-state index >= 15 is 0 Å². The Morgan fingerprint density at radius 2 is 1.50 bits per heavy atom. The van der Waals surface area contributed by atoms with Gasteiger partial charge in [0.05, 0.1) is 5.09 Å². The van der Waals surface area contributed by atoms with E-state index in [0.717, 1.165) is 0 Å². The molecule has 0 rings (SSSR count). The molecule has 6 heteroatoms. The topological polar surface area (TPSA) is 66.2 Å². The van der Waals surface area contributed by atoms with Gasteiger partial charge < -0.3 is 18.2 Å². The van der Waals surface area contributed by atoms with Gasteiger partial charge >= 0.3 is 23.1 Å². The second-order valence-corrected chi connectivity index (χ2v) is 0.224. The molecule has 0 saturated heterocycles. The van der Waals surface area contributed by atoms with E-state index < -0.39 is 5.09 Å². The van der Waals surface area contributed by atoms with Crippen molar-refractivity contribution in [3.8, 4) is 0 Å². The van der Waals surface area contributed by atoms with Crippen LogP contribution in [0.3, 0.4) is 0 Å². The van der Waals surface area contributed by atoms with Gasteiger partial charge in [-0.2, -0.15) is 0 Å². The molecule has 0 aromatic carbocycles. The van der Waals surface area contributed by atoms with Gasteiger partial charge in [0.15, 0.2) is 0 Å². The summed E-state index contributed by atoms with van der Waals surface area (Å²) in [5.74, 6) is 0. The minimum atomic E-state index is -1.75. The van der Waals surface area contributed by atoms with E-state index in [1.54, 1.807) is 0 Å². The summed E-state index contributed by atoms with van der Waals surface area (Å²) in [6.45, 7) is 0. The maximum absolute atomic E-state index is 8.25. The van der Waals surface area contributed by atoms with Crippen LogP contribution in [0.1, 0.15) is 2.85 Å². The van der Waals surface area contributed by atoms with Gasteiger partial charge in [-0.1, -0.05) is 0 Å². The van der Waals surface area contributed by atoms with Crippen molar-refractivity contribution in [2.24, 2.45) is 0 Å². The monoisotopic (exact) mass is 247 g/mol. The van der Waals surface area contributed by atoms with Crippen molar-refractivity contribution < 1.29 is 46.6 Å². The second-order valence-electron chi connectivity index (χ2n) is 0.224. The zero-order valence-electron chi connectivity index (χ0n) is 4.71. The van der Waals surface area contributed by atoms with Crippen molar-refractivity contribution in [3.63, 3.8) is 0 Å². The van der Waals surface area contributed by atoms with Gasteiger partial charge in [0.2, 0.25) is 0 Å². The fourth-order valence-corrected chi connectivity index (χ4v) is 0. The van der Waals surface area contributed by atoms with E-state index in [-0.39, 0.29) is 64.5 Å². The Bertz CT molecular complexity index is 40.3. The molecule has 0 N–H and O–H groups in total. The Morgan fingerprint density at radius 1 is 1.50 bits per heavy atom. The predicted octanol–water partition coefficient (Wildman–Crippen LogP) is -0.395. The van der Waals surface area contributed by atoms with Crippen molar-refractivity contribution in [1.82, 2.24) is 0 Å². The molecular weight excluding hydrogens is 245 g/mol. The first-order valence-corrected chi connectivity index (χ1v) is 0.548. The molecule has 37 valence electrons. The van der Waals surface area contributed by atoms with Gasteiger partial charge in [0.1, 0.15) is 0 Å². The zero-order chi connectivity index (χ0) is 3.58. The van der Waals surface area contributed by atoms with Crippen molar-refractivity contribution in [1.29, 1.82) is 0 Å². The molecule has 1 radical (unpaired) electrons. The standard InChI is InChI=1S/Mg.NO3.Tb.2H/c;2-1(3)4;;;/q+2;-1;;2*-1. The molecule has 0 aromatic heterocycles. The van der Waals surface area contributed by atoms with E-state index in [0.29, 0.717) is 0 Å². The third-order valence-corrected chi connectivity index (χ3v) is 0. The van der Waals surface area contributed by atoms with Crippen LogP contribution in [0, 0.1) is 53.9 Å². The van der Waals surface area contributed by atoms with Crippen LogP contribution in [-0.2, 0) is 0 Å². The molecule has 0 saturated carbocycles. The first kappa shape index (κ1) is 15.7. The van der Waals surface area contributed by atoms with Gasteiger partial charge in [-0.25, -0.2) is 0 Å². The van der Waals surface area contributed by atoms with Crippen molar-refractivity contribution in [2.45, 2.75) is 0 Å². The molecule has 0 atom stereocenters. The van der Waals surface area contributed by atoms with Crippen LogP contribution in [0.5, 0.6) is 0 Å². The fraction of sp³-hybridized carbons (Fsp3) is 0. The first-order valence-electron chi connectivity index (χ1n) is 0.548. The fourth-order valence-electron chi connectivity index (χ4n) is 0. The normalized spacial score (nSPS) is 4.00. The van der Waals surface area contributed by atoms with Crippen LogP contribution in [0.25, 0.3) is 0 Å². The van der Waals surface area contributed by atoms with Crippen LogP contribution in [-0.4, -0.2) is 28.1 Å². The van der Waals surface area contributed by atoms with Crippen LogP contribution >= 0.6 is 0 Å². The van der Waals surface area contributed by atoms with Crippen molar-refractivity contribution in [3.05, 3.63) is 15.3 Å². The Labute approximate surface area is 84.0 Å². The van der Waals surface area contributed by atoms with Gasteiger partial charge in [-0.3, -0.25) is 0 Å². The third kappa shape index (κ3) is 60.6. The molecule has 0 spiro atoms. The molecular formula is H2MgNO3Tb-. The quantitative estimate of drug-likeness (QED) is 0.332. The van der Waals surface area contributed by atoms with Crippen LogP contribution in [0.4, 0.5) is 0 Å². The summed E-state index contributed by atoms with van der Waals surface area (Å²) < 4.78 is 0. The summed E-state index contributed by atoms with van der Waals surface area (Å²) in [7, 11) is 0. The van der Waals surface area contributed by atoms with Gasteiger partial charge in [0, 0.05) is 38.6 Å². The average Bonchev–Trinajstić information content (AvgIpc) is 0.811. The molecule has 0 bridgehead atoms. The van der Waals surface area contributed by atoms with E-state index in [2.05, 4.69) is 0 Å². The van der Waals surface area contributed by atoms with Gasteiger partial charge in [-0.05, 0) is 0 Å². The summed E-state index contributed by atoms with van der Waals surface area (Å²) in [5, 5.41) is 14.8. The molecule has 0 aliphatic carbocycles. The molecule has 0 fully saturated rings. The molecule has 4 nitrogen and oxygen atoms in total. The van der Waals surface area contributed by atoms with Crippen LogP contribution in [0.2, 0.25) is 0 Å². The Kier molecular flexibility index (Phi) is 24.9. The third-order valence-electron chi connectivity index (χ3n) is 0. The summed E-state index contributed by atoms with van der Waals surface area (Å²) in [6.07, 6.45) is 0. The molecule has 0 aliphatic rings. The summed E-state index contributed by atoms with van der Waals surface area (Å²) in [5.41, 5.74) is 0. The number of nitrogens with zero attached hydrogens (tertiary/aromatic N) is 1. The Hall–Kier alpha value is 1.25. The van der Waals surface area contributed by atoms with Gasteiger partial charge in [-0.15, -0.1) is 0 Å². The molecule has 0 aromatic rings. The number of rotatable bonds is 0. The molecule has 0 aliphatic heterocycles. The maximum atomic E-state index is 8.25. The molecule has 6 heavy (non-hydrogen) atoms. The Balaban J connectivity index is -0.00000000750. The molecule has 0 amide bonds. The molecule has 0 heterocycles. The van der Waals surface area contributed by atoms with Crippen molar-refractivity contribution >= 4 is 23.1 Å². The second kappa shape index (κ2) is 9.54. The van der Waals surface area contributed by atoms with Gasteiger partial charge in [0.25, 0.3) is 0 Å². The minimum Gasteiger partial charge on any atom is -1.00 e. The Morgan fingerprint density at radius 3 is 1.50 bits per heavy atom. The number of hydrogen-bond donors (Lipinski definition) is 0. The molecule has 0 unspecified atom stereocenters. The summed E-state index contributed by atoms with van der Waals surface area (Å²) >= 11 is 0.